The molecule has 0 atom stereocenters. The zero-order valence-corrected chi connectivity index (χ0v) is 11.4. The molecule has 0 spiro atoms. The number of rotatable bonds is 2. The summed E-state index contributed by atoms with van der Waals surface area (Å²) >= 11 is 1.55. The van der Waals surface area contributed by atoms with Crippen molar-refractivity contribution in [3.8, 4) is 22.0 Å². The smallest absolute Gasteiger partial charge is 0.153 e. The number of nitrogens with zero attached hydrogens (tertiary/aromatic N) is 3. The molecule has 0 aliphatic rings. The van der Waals surface area contributed by atoms with Gasteiger partial charge in [0, 0.05) is 11.1 Å². The summed E-state index contributed by atoms with van der Waals surface area (Å²) < 4.78 is 5.38. The van der Waals surface area contributed by atoms with Crippen LogP contribution in [0.15, 0.2) is 29.0 Å². The van der Waals surface area contributed by atoms with E-state index in [1.165, 1.54) is 0 Å². The molecule has 0 amide bonds. The molecule has 0 bridgehead atoms. The predicted octanol–water partition coefficient (Wildman–Crippen LogP) is 3.06. The van der Waals surface area contributed by atoms with Gasteiger partial charge in [0.25, 0.3) is 0 Å². The van der Waals surface area contributed by atoms with Crippen LogP contribution in [-0.4, -0.2) is 15.0 Å². The highest BCUT2D eigenvalue weighted by atomic mass is 32.1. The summed E-state index contributed by atoms with van der Waals surface area (Å²) in [5.74, 6) is 1.86. The first-order valence-corrected chi connectivity index (χ1v) is 6.57. The second-order valence-corrected chi connectivity index (χ2v) is 5.32. The van der Waals surface area contributed by atoms with Gasteiger partial charge in [-0.25, -0.2) is 15.0 Å². The number of aryl methyl sites for hydroxylation is 2. The second-order valence-electron chi connectivity index (χ2n) is 4.12. The Kier molecular flexibility index (Phi) is 2.79. The largest absolute Gasteiger partial charge is 0.463 e. The number of furan rings is 1. The van der Waals surface area contributed by atoms with E-state index in [-0.39, 0.29) is 0 Å². The highest BCUT2D eigenvalue weighted by Gasteiger charge is 2.15. The van der Waals surface area contributed by atoms with Gasteiger partial charge in [0.1, 0.15) is 22.3 Å². The molecule has 0 radical (unpaired) electrons. The summed E-state index contributed by atoms with van der Waals surface area (Å²) in [6, 6.07) is 3.73. The van der Waals surface area contributed by atoms with Gasteiger partial charge in [-0.2, -0.15) is 0 Å². The third kappa shape index (κ3) is 2.10. The Morgan fingerprint density at radius 1 is 1.26 bits per heavy atom. The molecular formula is C13H12N4OS. The van der Waals surface area contributed by atoms with E-state index in [4.69, 9.17) is 10.2 Å². The average molecular weight is 272 g/mol. The van der Waals surface area contributed by atoms with Crippen LogP contribution >= 0.6 is 11.3 Å². The molecule has 3 heterocycles. The quantitative estimate of drug-likeness (QED) is 0.775. The molecule has 3 rings (SSSR count). The summed E-state index contributed by atoms with van der Waals surface area (Å²) in [4.78, 5) is 14.0. The van der Waals surface area contributed by atoms with Crippen LogP contribution < -0.4 is 5.73 Å². The Hall–Kier alpha value is -2.21. The molecule has 0 aliphatic carbocycles. The molecule has 96 valence electrons. The van der Waals surface area contributed by atoms with Crippen molar-refractivity contribution >= 4 is 17.2 Å². The van der Waals surface area contributed by atoms with Crippen molar-refractivity contribution in [1.29, 1.82) is 0 Å². The van der Waals surface area contributed by atoms with Crippen LogP contribution in [0.5, 0.6) is 0 Å². The van der Waals surface area contributed by atoms with Gasteiger partial charge in [-0.3, -0.25) is 0 Å². The van der Waals surface area contributed by atoms with Crippen LogP contribution in [0.25, 0.3) is 22.0 Å². The topological polar surface area (TPSA) is 77.8 Å². The molecule has 0 aromatic carbocycles. The van der Waals surface area contributed by atoms with E-state index in [1.54, 1.807) is 23.8 Å². The first-order chi connectivity index (χ1) is 9.15. The first-order valence-electron chi connectivity index (χ1n) is 5.76. The number of hydrogen-bond donors (Lipinski definition) is 1. The Balaban J connectivity index is 2.10. The zero-order chi connectivity index (χ0) is 13.4. The molecule has 0 fully saturated rings. The lowest BCUT2D eigenvalue weighted by molar-refractivity contribution is 0.580. The van der Waals surface area contributed by atoms with Crippen molar-refractivity contribution in [3.05, 3.63) is 35.3 Å². The summed E-state index contributed by atoms with van der Waals surface area (Å²) in [5.41, 5.74) is 7.52. The number of anilines is 1. The van der Waals surface area contributed by atoms with Crippen LogP contribution in [-0.2, 0) is 0 Å². The van der Waals surface area contributed by atoms with E-state index in [0.29, 0.717) is 11.6 Å². The molecule has 6 heteroatoms. The minimum absolute atomic E-state index is 0.451. The number of nitrogen functional groups attached to an aromatic ring is 1. The van der Waals surface area contributed by atoms with Crippen molar-refractivity contribution in [3.63, 3.8) is 0 Å². The SMILES string of the molecule is Cc1ncc(-c2nc(-c3ccco3)c(C)s2)c(N)n1. The molecule has 3 aromatic rings. The van der Waals surface area contributed by atoms with Crippen molar-refractivity contribution in [2.75, 3.05) is 5.73 Å². The van der Waals surface area contributed by atoms with E-state index >= 15 is 0 Å². The van der Waals surface area contributed by atoms with Gasteiger partial charge in [-0.1, -0.05) is 0 Å². The molecule has 5 nitrogen and oxygen atoms in total. The van der Waals surface area contributed by atoms with E-state index in [9.17, 15) is 0 Å². The lowest BCUT2D eigenvalue weighted by atomic mass is 10.3. The maximum Gasteiger partial charge on any atom is 0.153 e. The summed E-state index contributed by atoms with van der Waals surface area (Å²) in [6.07, 6.45) is 3.35. The maximum atomic E-state index is 5.92. The normalized spacial score (nSPS) is 10.8. The average Bonchev–Trinajstić information content (AvgIpc) is 2.98. The van der Waals surface area contributed by atoms with Crippen LogP contribution in [0.3, 0.4) is 0 Å². The third-order valence-corrected chi connectivity index (χ3v) is 3.72. The van der Waals surface area contributed by atoms with Gasteiger partial charge < -0.3 is 10.2 Å². The van der Waals surface area contributed by atoms with Crippen LogP contribution in [0, 0.1) is 13.8 Å². The lowest BCUT2D eigenvalue weighted by Crippen LogP contribution is -1.97. The molecular weight excluding hydrogens is 260 g/mol. The van der Waals surface area contributed by atoms with E-state index in [0.717, 1.165) is 26.9 Å². The molecule has 3 aromatic heterocycles. The fraction of sp³-hybridized carbons (Fsp3) is 0.154. The molecule has 2 N–H and O–H groups in total. The fourth-order valence-electron chi connectivity index (χ4n) is 1.81. The number of thiazole rings is 1. The van der Waals surface area contributed by atoms with Crippen LogP contribution in [0.2, 0.25) is 0 Å². The minimum atomic E-state index is 0.451. The highest BCUT2D eigenvalue weighted by molar-refractivity contribution is 7.15. The molecule has 0 aliphatic heterocycles. The van der Waals surface area contributed by atoms with Crippen molar-refractivity contribution in [2.24, 2.45) is 0 Å². The molecule has 0 saturated carbocycles. The van der Waals surface area contributed by atoms with Gasteiger partial charge in [0.15, 0.2) is 5.76 Å². The van der Waals surface area contributed by atoms with E-state index in [2.05, 4.69) is 15.0 Å². The Morgan fingerprint density at radius 2 is 2.11 bits per heavy atom. The number of aromatic nitrogens is 3. The third-order valence-electron chi connectivity index (χ3n) is 2.72. The monoisotopic (exact) mass is 272 g/mol. The Bertz CT molecular complexity index is 718. The van der Waals surface area contributed by atoms with Gasteiger partial charge in [0.05, 0.1) is 11.8 Å². The standard InChI is InChI=1S/C13H12N4OS/c1-7-11(10-4-3-5-18-10)17-13(19-7)9-6-15-8(2)16-12(9)14/h3-6H,1-2H3,(H2,14,15,16). The molecule has 0 unspecified atom stereocenters. The zero-order valence-electron chi connectivity index (χ0n) is 10.5. The maximum absolute atomic E-state index is 5.92. The van der Waals surface area contributed by atoms with Crippen LogP contribution in [0.4, 0.5) is 5.82 Å². The molecule has 19 heavy (non-hydrogen) atoms. The number of nitrogens with two attached hydrogens (primary N) is 1. The number of hydrogen-bond acceptors (Lipinski definition) is 6. The van der Waals surface area contributed by atoms with Crippen molar-refractivity contribution in [2.45, 2.75) is 13.8 Å². The molecule has 0 saturated heterocycles. The predicted molar refractivity (Wildman–Crippen MR) is 74.7 cm³/mol. The Labute approximate surface area is 114 Å². The van der Waals surface area contributed by atoms with Gasteiger partial charge in [-0.15, -0.1) is 11.3 Å². The summed E-state index contributed by atoms with van der Waals surface area (Å²) in [5, 5.41) is 0.807. The van der Waals surface area contributed by atoms with Gasteiger partial charge in [-0.05, 0) is 26.0 Å². The van der Waals surface area contributed by atoms with Gasteiger partial charge >= 0.3 is 0 Å². The van der Waals surface area contributed by atoms with Crippen molar-refractivity contribution < 1.29 is 4.42 Å². The highest BCUT2D eigenvalue weighted by Crippen LogP contribution is 2.34. The van der Waals surface area contributed by atoms with E-state index in [1.807, 2.05) is 26.0 Å². The summed E-state index contributed by atoms with van der Waals surface area (Å²) in [6.45, 7) is 3.81. The Morgan fingerprint density at radius 3 is 2.79 bits per heavy atom. The van der Waals surface area contributed by atoms with E-state index < -0.39 is 0 Å². The van der Waals surface area contributed by atoms with Gasteiger partial charge in [0.2, 0.25) is 0 Å². The van der Waals surface area contributed by atoms with Crippen molar-refractivity contribution in [1.82, 2.24) is 15.0 Å². The summed E-state index contributed by atoms with van der Waals surface area (Å²) in [7, 11) is 0. The fourth-order valence-corrected chi connectivity index (χ4v) is 2.74. The van der Waals surface area contributed by atoms with Crippen LogP contribution in [0.1, 0.15) is 10.7 Å². The second kappa shape index (κ2) is 4.47. The minimum Gasteiger partial charge on any atom is -0.463 e. The lowest BCUT2D eigenvalue weighted by Gasteiger charge is -2.00. The first kappa shape index (κ1) is 11.9.